The van der Waals surface area contributed by atoms with E-state index in [0.717, 1.165) is 5.56 Å². The maximum absolute atomic E-state index is 14.0. The molecule has 0 radical (unpaired) electrons. The van der Waals surface area contributed by atoms with Crippen molar-refractivity contribution in [2.24, 2.45) is 0 Å². The lowest BCUT2D eigenvalue weighted by Crippen LogP contribution is -2.20. The third-order valence-electron chi connectivity index (χ3n) is 3.12. The van der Waals surface area contributed by atoms with Crippen molar-refractivity contribution < 1.29 is 14.0 Å². The fourth-order valence-corrected chi connectivity index (χ4v) is 2.76. The molecule has 1 amide bonds. The fraction of sp³-hybridized carbons (Fsp3) is 0.143. The van der Waals surface area contributed by atoms with E-state index in [1.807, 2.05) is 0 Å². The Balaban J connectivity index is 2.04. The average molecular weight is 275 g/mol. The number of nitrogens with one attached hydrogen (secondary N) is 1. The van der Waals surface area contributed by atoms with Crippen LogP contribution in [0.3, 0.4) is 0 Å². The molecule has 5 heteroatoms. The van der Waals surface area contributed by atoms with Gasteiger partial charge in [0.1, 0.15) is 5.82 Å². The highest BCUT2D eigenvalue weighted by atomic mass is 32.1. The normalized spacial score (nSPS) is 13.8. The Hall–Kier alpha value is -2.01. The summed E-state index contributed by atoms with van der Waals surface area (Å²) >= 11 is 1.40. The van der Waals surface area contributed by atoms with Crippen LogP contribution >= 0.6 is 11.3 Å². The van der Waals surface area contributed by atoms with E-state index in [4.69, 9.17) is 0 Å². The zero-order chi connectivity index (χ0) is 13.4. The van der Waals surface area contributed by atoms with Crippen LogP contribution < -0.4 is 5.32 Å². The largest absolute Gasteiger partial charge is 0.326 e. The zero-order valence-electron chi connectivity index (χ0n) is 9.90. The highest BCUT2D eigenvalue weighted by Gasteiger charge is 2.21. The summed E-state index contributed by atoms with van der Waals surface area (Å²) in [7, 11) is 0. The van der Waals surface area contributed by atoms with Crippen LogP contribution in [0.4, 0.5) is 10.1 Å². The maximum atomic E-state index is 14.0. The number of ketones is 1. The summed E-state index contributed by atoms with van der Waals surface area (Å²) in [5, 5.41) is 6.09. The van der Waals surface area contributed by atoms with Gasteiger partial charge in [-0.25, -0.2) is 4.39 Å². The predicted molar refractivity (Wildman–Crippen MR) is 71.1 cm³/mol. The van der Waals surface area contributed by atoms with Gasteiger partial charge in [0.25, 0.3) is 0 Å². The topological polar surface area (TPSA) is 46.2 Å². The molecule has 0 saturated heterocycles. The molecule has 1 aromatic heterocycles. The highest BCUT2D eigenvalue weighted by Crippen LogP contribution is 2.27. The highest BCUT2D eigenvalue weighted by molar-refractivity contribution is 7.08. The number of fused-ring (bicyclic) bond motifs is 1. The van der Waals surface area contributed by atoms with Crippen LogP contribution in [0.25, 0.3) is 0 Å². The van der Waals surface area contributed by atoms with Crippen LogP contribution in [0.2, 0.25) is 0 Å². The van der Waals surface area contributed by atoms with Crippen LogP contribution in [-0.4, -0.2) is 11.7 Å². The van der Waals surface area contributed by atoms with E-state index in [0.29, 0.717) is 24.1 Å². The summed E-state index contributed by atoms with van der Waals surface area (Å²) in [5.74, 6) is -1.04. The monoisotopic (exact) mass is 275 g/mol. The molecule has 0 aliphatic carbocycles. The van der Waals surface area contributed by atoms with Crippen molar-refractivity contribution in [1.29, 1.82) is 0 Å². The smallest absolute Gasteiger partial charge is 0.224 e. The number of amides is 1. The molecule has 3 nitrogen and oxygen atoms in total. The van der Waals surface area contributed by atoms with Gasteiger partial charge in [-0.3, -0.25) is 9.59 Å². The molecule has 1 N–H and O–H groups in total. The van der Waals surface area contributed by atoms with Crippen molar-refractivity contribution in [3.05, 3.63) is 51.5 Å². The Morgan fingerprint density at radius 3 is 2.89 bits per heavy atom. The summed E-state index contributed by atoms with van der Waals surface area (Å²) in [6.45, 7) is 0. The van der Waals surface area contributed by atoms with Crippen LogP contribution in [0.1, 0.15) is 27.9 Å². The SMILES string of the molecule is O=C1CCc2cc(C(=O)c3ccsc3)c(F)cc2N1. The molecular weight excluding hydrogens is 265 g/mol. The van der Waals surface area contributed by atoms with Crippen LogP contribution in [-0.2, 0) is 11.2 Å². The molecule has 19 heavy (non-hydrogen) atoms. The number of aryl methyl sites for hydroxylation is 1. The van der Waals surface area contributed by atoms with Crippen molar-refractivity contribution in [3.63, 3.8) is 0 Å². The quantitative estimate of drug-likeness (QED) is 0.856. The van der Waals surface area contributed by atoms with Gasteiger partial charge in [0.2, 0.25) is 5.91 Å². The van der Waals surface area contributed by atoms with Gasteiger partial charge in [-0.15, -0.1) is 0 Å². The molecule has 0 atom stereocenters. The summed E-state index contributed by atoms with van der Waals surface area (Å²) in [6, 6.07) is 4.45. The number of anilines is 1. The Kier molecular flexibility index (Phi) is 2.91. The molecule has 0 saturated carbocycles. The number of carbonyl (C=O) groups is 2. The summed E-state index contributed by atoms with van der Waals surface area (Å²) in [6.07, 6.45) is 0.899. The van der Waals surface area contributed by atoms with E-state index in [9.17, 15) is 14.0 Å². The molecule has 96 valence electrons. The number of thiophene rings is 1. The molecule has 2 aromatic rings. The lowest BCUT2D eigenvalue weighted by atomic mass is 9.96. The standard InChI is InChI=1S/C14H10FNO2S/c15-11-6-12-8(1-2-13(17)16-12)5-10(11)14(18)9-3-4-19-7-9/h3-7H,1-2H2,(H,16,17). The minimum Gasteiger partial charge on any atom is -0.326 e. The summed E-state index contributed by atoms with van der Waals surface area (Å²) in [4.78, 5) is 23.4. The van der Waals surface area contributed by atoms with Crippen molar-refractivity contribution in [1.82, 2.24) is 0 Å². The zero-order valence-corrected chi connectivity index (χ0v) is 10.7. The molecule has 0 unspecified atom stereocenters. The first kappa shape index (κ1) is 12.0. The molecular formula is C14H10FNO2S. The number of rotatable bonds is 2. The van der Waals surface area contributed by atoms with Gasteiger partial charge in [-0.2, -0.15) is 11.3 Å². The average Bonchev–Trinajstić information content (AvgIpc) is 2.91. The number of carbonyl (C=O) groups excluding carboxylic acids is 2. The summed E-state index contributed by atoms with van der Waals surface area (Å²) < 4.78 is 14.0. The second-order valence-corrected chi connectivity index (χ2v) is 5.16. The van der Waals surface area contributed by atoms with Crippen molar-refractivity contribution >= 4 is 28.7 Å². The predicted octanol–water partition coefficient (Wildman–Crippen LogP) is 3.00. The first-order valence-electron chi connectivity index (χ1n) is 5.84. The first-order valence-corrected chi connectivity index (χ1v) is 6.78. The van der Waals surface area contributed by atoms with Crippen molar-refractivity contribution in [2.45, 2.75) is 12.8 Å². The van der Waals surface area contributed by atoms with Crippen LogP contribution in [0.5, 0.6) is 0 Å². The van der Waals surface area contributed by atoms with E-state index in [1.165, 1.54) is 17.4 Å². The van der Waals surface area contributed by atoms with Crippen LogP contribution in [0, 0.1) is 5.82 Å². The van der Waals surface area contributed by atoms with Crippen LogP contribution in [0.15, 0.2) is 29.0 Å². The Morgan fingerprint density at radius 1 is 1.32 bits per heavy atom. The number of hydrogen-bond donors (Lipinski definition) is 1. The minimum absolute atomic E-state index is 0.0632. The molecule has 1 aliphatic rings. The molecule has 0 spiro atoms. The van der Waals surface area contributed by atoms with E-state index in [2.05, 4.69) is 5.32 Å². The third kappa shape index (κ3) is 2.17. The van der Waals surface area contributed by atoms with Gasteiger partial charge in [0.05, 0.1) is 5.56 Å². The molecule has 0 bridgehead atoms. The van der Waals surface area contributed by atoms with E-state index < -0.39 is 5.82 Å². The third-order valence-corrected chi connectivity index (χ3v) is 3.80. The summed E-state index contributed by atoms with van der Waals surface area (Å²) in [5.41, 5.74) is 1.83. The molecule has 0 fully saturated rings. The lowest BCUT2D eigenvalue weighted by Gasteiger charge is -2.17. The number of halogens is 1. The van der Waals surface area contributed by atoms with Gasteiger partial charge in [-0.1, -0.05) is 0 Å². The second kappa shape index (κ2) is 4.59. The molecule has 1 aromatic carbocycles. The van der Waals surface area contributed by atoms with Crippen molar-refractivity contribution in [2.75, 3.05) is 5.32 Å². The molecule has 1 aliphatic heterocycles. The number of hydrogen-bond acceptors (Lipinski definition) is 3. The van der Waals surface area contributed by atoms with Gasteiger partial charge < -0.3 is 5.32 Å². The minimum atomic E-state index is -0.600. The fourth-order valence-electron chi connectivity index (χ4n) is 2.13. The van der Waals surface area contributed by atoms with Gasteiger partial charge >= 0.3 is 0 Å². The Morgan fingerprint density at radius 2 is 2.16 bits per heavy atom. The van der Waals surface area contributed by atoms with E-state index in [-0.39, 0.29) is 17.3 Å². The van der Waals surface area contributed by atoms with E-state index >= 15 is 0 Å². The Labute approximate surface area is 113 Å². The van der Waals surface area contributed by atoms with E-state index in [1.54, 1.807) is 22.9 Å². The van der Waals surface area contributed by atoms with Crippen molar-refractivity contribution in [3.8, 4) is 0 Å². The van der Waals surface area contributed by atoms with Gasteiger partial charge in [0.15, 0.2) is 5.78 Å². The maximum Gasteiger partial charge on any atom is 0.224 e. The molecule has 3 rings (SSSR count). The number of benzene rings is 1. The molecule has 2 heterocycles. The first-order chi connectivity index (χ1) is 9.15. The van der Waals surface area contributed by atoms with Gasteiger partial charge in [-0.05, 0) is 35.6 Å². The van der Waals surface area contributed by atoms with Gasteiger partial charge in [0, 0.05) is 23.1 Å². The lowest BCUT2D eigenvalue weighted by molar-refractivity contribution is -0.116. The Bertz CT molecular complexity index is 664. The second-order valence-electron chi connectivity index (χ2n) is 4.38.